The number of nitrogens with one attached hydrogen (secondary N) is 1. The molecule has 0 radical (unpaired) electrons. The number of benzene rings is 2. The van der Waals surface area contributed by atoms with Gasteiger partial charge in [-0.2, -0.15) is 0 Å². The molecule has 7 heteroatoms. The Hall–Kier alpha value is -3.22. The van der Waals surface area contributed by atoms with Crippen LogP contribution in [0.4, 0.5) is 10.1 Å². The molecule has 0 bridgehead atoms. The maximum absolute atomic E-state index is 13.9. The quantitative estimate of drug-likeness (QED) is 0.755. The summed E-state index contributed by atoms with van der Waals surface area (Å²) >= 11 is 0. The number of para-hydroxylation sites is 1. The number of amides is 1. The van der Waals surface area contributed by atoms with Crippen LogP contribution in [0.5, 0.6) is 0 Å². The van der Waals surface area contributed by atoms with E-state index in [0.717, 1.165) is 25.2 Å². The summed E-state index contributed by atoms with van der Waals surface area (Å²) in [5, 5.41) is 10.6. The van der Waals surface area contributed by atoms with Crippen LogP contribution < -0.4 is 10.2 Å². The van der Waals surface area contributed by atoms with Crippen LogP contribution in [0.25, 0.3) is 5.69 Å². The number of halogens is 1. The second-order valence-corrected chi connectivity index (χ2v) is 6.68. The molecule has 1 saturated heterocycles. The van der Waals surface area contributed by atoms with Gasteiger partial charge in [0.05, 0.1) is 5.69 Å². The number of carbonyl (C=O) groups is 1. The average Bonchev–Trinajstić information content (AvgIpc) is 3.39. The number of aromatic nitrogens is 3. The number of rotatable bonds is 5. The van der Waals surface area contributed by atoms with Crippen molar-refractivity contribution >= 4 is 11.6 Å². The summed E-state index contributed by atoms with van der Waals surface area (Å²) < 4.78 is 15.7. The topological polar surface area (TPSA) is 63.1 Å². The Morgan fingerprint density at radius 2 is 1.96 bits per heavy atom. The van der Waals surface area contributed by atoms with E-state index in [1.165, 1.54) is 6.07 Å². The first-order chi connectivity index (χ1) is 13.2. The second kappa shape index (κ2) is 7.57. The number of nitrogens with zero attached hydrogens (tertiary/aromatic N) is 4. The van der Waals surface area contributed by atoms with Crippen molar-refractivity contribution in [2.75, 3.05) is 24.5 Å². The van der Waals surface area contributed by atoms with Crippen LogP contribution in [-0.4, -0.2) is 40.3 Å². The largest absolute Gasteiger partial charge is 0.369 e. The van der Waals surface area contributed by atoms with E-state index in [0.29, 0.717) is 23.7 Å². The summed E-state index contributed by atoms with van der Waals surface area (Å²) in [5.41, 5.74) is 2.05. The molecule has 3 aromatic rings. The van der Waals surface area contributed by atoms with Gasteiger partial charge in [-0.25, -0.2) is 4.39 Å². The van der Waals surface area contributed by atoms with E-state index in [-0.39, 0.29) is 11.7 Å². The van der Waals surface area contributed by atoms with Gasteiger partial charge in [-0.15, -0.1) is 10.2 Å². The fraction of sp³-hybridized carbons (Fsp3) is 0.250. The number of hydrogen-bond acceptors (Lipinski definition) is 4. The van der Waals surface area contributed by atoms with E-state index in [1.54, 1.807) is 41.5 Å². The van der Waals surface area contributed by atoms with E-state index in [2.05, 4.69) is 15.5 Å². The summed E-state index contributed by atoms with van der Waals surface area (Å²) in [4.78, 5) is 14.5. The Morgan fingerprint density at radius 1 is 1.15 bits per heavy atom. The van der Waals surface area contributed by atoms with Gasteiger partial charge in [0.15, 0.2) is 0 Å². The molecule has 2 aromatic carbocycles. The standard InChI is InChI=1S/C20H20FN5O/c21-18-6-1-2-7-19(18)25-9-8-15(12-25)11-22-20(27)16-4-3-5-17(10-16)26-13-23-24-14-26/h1-7,10,13-15H,8-9,11-12H2,(H,22,27)/t15-/m1/s1. The first-order valence-electron chi connectivity index (χ1n) is 8.93. The summed E-state index contributed by atoms with van der Waals surface area (Å²) in [6.45, 7) is 2.10. The van der Waals surface area contributed by atoms with Crippen LogP contribution in [-0.2, 0) is 0 Å². The fourth-order valence-corrected chi connectivity index (χ4v) is 3.41. The van der Waals surface area contributed by atoms with Crippen molar-refractivity contribution in [1.82, 2.24) is 20.1 Å². The zero-order valence-corrected chi connectivity index (χ0v) is 14.8. The third-order valence-corrected chi connectivity index (χ3v) is 4.86. The van der Waals surface area contributed by atoms with Gasteiger partial charge < -0.3 is 10.2 Å². The van der Waals surface area contributed by atoms with Gasteiger partial charge >= 0.3 is 0 Å². The van der Waals surface area contributed by atoms with Gasteiger partial charge in [0.25, 0.3) is 5.91 Å². The first-order valence-corrected chi connectivity index (χ1v) is 8.93. The van der Waals surface area contributed by atoms with Crippen molar-refractivity contribution in [3.05, 3.63) is 72.6 Å². The molecule has 27 heavy (non-hydrogen) atoms. The molecule has 0 saturated carbocycles. The van der Waals surface area contributed by atoms with Crippen LogP contribution >= 0.6 is 0 Å². The molecule has 1 aliphatic heterocycles. The minimum Gasteiger partial charge on any atom is -0.369 e. The zero-order chi connectivity index (χ0) is 18.6. The molecule has 1 fully saturated rings. The van der Waals surface area contributed by atoms with E-state index >= 15 is 0 Å². The molecular formula is C20H20FN5O. The number of carbonyl (C=O) groups excluding carboxylic acids is 1. The van der Waals surface area contributed by atoms with E-state index < -0.39 is 0 Å². The number of anilines is 1. The van der Waals surface area contributed by atoms with E-state index in [9.17, 15) is 9.18 Å². The zero-order valence-electron chi connectivity index (χ0n) is 14.8. The Kier molecular flexibility index (Phi) is 4.82. The van der Waals surface area contributed by atoms with Crippen LogP contribution in [0.3, 0.4) is 0 Å². The van der Waals surface area contributed by atoms with Crippen molar-refractivity contribution in [2.24, 2.45) is 5.92 Å². The van der Waals surface area contributed by atoms with Gasteiger partial charge in [0, 0.05) is 30.9 Å². The predicted molar refractivity (Wildman–Crippen MR) is 100 cm³/mol. The molecule has 1 N–H and O–H groups in total. The highest BCUT2D eigenvalue weighted by molar-refractivity contribution is 5.94. The van der Waals surface area contributed by atoms with Crippen molar-refractivity contribution in [3.63, 3.8) is 0 Å². The Morgan fingerprint density at radius 3 is 2.78 bits per heavy atom. The number of hydrogen-bond donors (Lipinski definition) is 1. The third-order valence-electron chi connectivity index (χ3n) is 4.86. The Labute approximate surface area is 156 Å². The maximum Gasteiger partial charge on any atom is 0.251 e. The lowest BCUT2D eigenvalue weighted by molar-refractivity contribution is 0.0948. The van der Waals surface area contributed by atoms with E-state index in [4.69, 9.17) is 0 Å². The van der Waals surface area contributed by atoms with Gasteiger partial charge in [-0.05, 0) is 42.7 Å². The maximum atomic E-state index is 13.9. The Balaban J connectivity index is 1.35. The van der Waals surface area contributed by atoms with Crippen molar-refractivity contribution in [3.8, 4) is 5.69 Å². The van der Waals surface area contributed by atoms with Gasteiger partial charge in [0.1, 0.15) is 18.5 Å². The first kappa shape index (κ1) is 17.2. The minimum atomic E-state index is -0.201. The van der Waals surface area contributed by atoms with Crippen molar-refractivity contribution < 1.29 is 9.18 Å². The third kappa shape index (κ3) is 3.81. The lowest BCUT2D eigenvalue weighted by Gasteiger charge is -2.19. The summed E-state index contributed by atoms with van der Waals surface area (Å²) in [6, 6.07) is 14.1. The average molecular weight is 365 g/mol. The highest BCUT2D eigenvalue weighted by Crippen LogP contribution is 2.25. The fourth-order valence-electron chi connectivity index (χ4n) is 3.41. The van der Waals surface area contributed by atoms with Gasteiger partial charge in [0.2, 0.25) is 0 Å². The molecule has 4 rings (SSSR count). The second-order valence-electron chi connectivity index (χ2n) is 6.68. The normalized spacial score (nSPS) is 16.5. The molecule has 0 aliphatic carbocycles. The summed E-state index contributed by atoms with van der Waals surface area (Å²) in [5.74, 6) is -0.0168. The lowest BCUT2D eigenvalue weighted by atomic mass is 10.1. The van der Waals surface area contributed by atoms with E-state index in [1.807, 2.05) is 23.1 Å². The van der Waals surface area contributed by atoms with Gasteiger partial charge in [-0.3, -0.25) is 9.36 Å². The van der Waals surface area contributed by atoms with Crippen LogP contribution in [0.2, 0.25) is 0 Å². The van der Waals surface area contributed by atoms with Crippen LogP contribution in [0.1, 0.15) is 16.8 Å². The smallest absolute Gasteiger partial charge is 0.251 e. The lowest BCUT2D eigenvalue weighted by Crippen LogP contribution is -2.31. The van der Waals surface area contributed by atoms with Crippen molar-refractivity contribution in [1.29, 1.82) is 0 Å². The molecule has 6 nitrogen and oxygen atoms in total. The summed E-state index contributed by atoms with van der Waals surface area (Å²) in [6.07, 6.45) is 4.11. The molecule has 1 aliphatic rings. The molecule has 0 unspecified atom stereocenters. The predicted octanol–water partition coefficient (Wildman–Crippen LogP) is 2.66. The monoisotopic (exact) mass is 365 g/mol. The van der Waals surface area contributed by atoms with Crippen LogP contribution in [0, 0.1) is 11.7 Å². The minimum absolute atomic E-state index is 0.116. The molecule has 1 aromatic heterocycles. The molecule has 2 heterocycles. The molecule has 1 atom stereocenters. The Bertz CT molecular complexity index is 928. The molecular weight excluding hydrogens is 345 g/mol. The van der Waals surface area contributed by atoms with Gasteiger partial charge in [-0.1, -0.05) is 18.2 Å². The SMILES string of the molecule is O=C(NC[C@H]1CCN(c2ccccc2F)C1)c1cccc(-n2cnnc2)c1. The van der Waals surface area contributed by atoms with Crippen molar-refractivity contribution in [2.45, 2.75) is 6.42 Å². The van der Waals surface area contributed by atoms with Crippen LogP contribution in [0.15, 0.2) is 61.2 Å². The molecule has 0 spiro atoms. The summed E-state index contributed by atoms with van der Waals surface area (Å²) in [7, 11) is 0. The molecule has 1 amide bonds. The highest BCUT2D eigenvalue weighted by Gasteiger charge is 2.24. The molecule has 138 valence electrons. The highest BCUT2D eigenvalue weighted by atomic mass is 19.1.